The number of benzene rings is 1. The van der Waals surface area contributed by atoms with Gasteiger partial charge in [-0.05, 0) is 0 Å². The standard InChI is InChI=1S/C14H19NO2/c1-13(14-5-3-2-4-6-14)17-12-9-15-7-10-16-11-8-15/h2-6H,1,7-12H2. The molecule has 1 aliphatic rings. The minimum atomic E-state index is 0.688. The third-order valence-electron chi connectivity index (χ3n) is 2.88. The summed E-state index contributed by atoms with van der Waals surface area (Å²) in [6.45, 7) is 9.24. The lowest BCUT2D eigenvalue weighted by molar-refractivity contribution is 0.0306. The van der Waals surface area contributed by atoms with Crippen LogP contribution in [-0.2, 0) is 9.47 Å². The van der Waals surface area contributed by atoms with Gasteiger partial charge in [0.2, 0.25) is 0 Å². The van der Waals surface area contributed by atoms with Crippen molar-refractivity contribution in [1.29, 1.82) is 0 Å². The van der Waals surface area contributed by atoms with Crippen molar-refractivity contribution in [3.05, 3.63) is 42.5 Å². The fourth-order valence-corrected chi connectivity index (χ4v) is 1.83. The molecule has 92 valence electrons. The zero-order valence-corrected chi connectivity index (χ0v) is 10.1. The third kappa shape index (κ3) is 3.88. The van der Waals surface area contributed by atoms with Crippen LogP contribution in [0.15, 0.2) is 36.9 Å². The van der Waals surface area contributed by atoms with Crippen molar-refractivity contribution >= 4 is 5.76 Å². The second-order valence-electron chi connectivity index (χ2n) is 4.09. The topological polar surface area (TPSA) is 21.7 Å². The molecule has 1 heterocycles. The van der Waals surface area contributed by atoms with Crippen LogP contribution in [0.25, 0.3) is 5.76 Å². The summed E-state index contributed by atoms with van der Waals surface area (Å²) in [5.74, 6) is 0.749. The maximum Gasteiger partial charge on any atom is 0.119 e. The Bertz CT molecular complexity index is 344. The highest BCUT2D eigenvalue weighted by Gasteiger charge is 2.09. The summed E-state index contributed by atoms with van der Waals surface area (Å²) in [5.41, 5.74) is 1.05. The van der Waals surface area contributed by atoms with Crippen LogP contribution < -0.4 is 0 Å². The molecule has 1 aromatic rings. The first-order chi connectivity index (χ1) is 8.36. The van der Waals surface area contributed by atoms with Crippen LogP contribution in [0.3, 0.4) is 0 Å². The van der Waals surface area contributed by atoms with Gasteiger partial charge >= 0.3 is 0 Å². The minimum absolute atomic E-state index is 0.688. The molecule has 0 aromatic heterocycles. The molecule has 17 heavy (non-hydrogen) atoms. The summed E-state index contributed by atoms with van der Waals surface area (Å²) in [5, 5.41) is 0. The Kier molecular flexibility index (Phi) is 4.59. The number of hydrogen-bond acceptors (Lipinski definition) is 3. The minimum Gasteiger partial charge on any atom is -0.492 e. The third-order valence-corrected chi connectivity index (χ3v) is 2.88. The molecule has 0 saturated carbocycles. The highest BCUT2D eigenvalue weighted by Crippen LogP contribution is 2.12. The van der Waals surface area contributed by atoms with Crippen molar-refractivity contribution < 1.29 is 9.47 Å². The Morgan fingerprint density at radius 1 is 1.24 bits per heavy atom. The quantitative estimate of drug-likeness (QED) is 0.726. The van der Waals surface area contributed by atoms with Crippen LogP contribution >= 0.6 is 0 Å². The Labute approximate surface area is 103 Å². The largest absolute Gasteiger partial charge is 0.492 e. The first-order valence-corrected chi connectivity index (χ1v) is 6.03. The molecule has 0 aliphatic carbocycles. The van der Waals surface area contributed by atoms with Gasteiger partial charge in [-0.25, -0.2) is 0 Å². The van der Waals surface area contributed by atoms with Gasteiger partial charge in [-0.2, -0.15) is 0 Å². The van der Waals surface area contributed by atoms with Gasteiger partial charge in [-0.1, -0.05) is 36.9 Å². The SMILES string of the molecule is C=C(OCCN1CCOCC1)c1ccccc1. The van der Waals surface area contributed by atoms with E-state index in [0.29, 0.717) is 6.61 Å². The van der Waals surface area contributed by atoms with Gasteiger partial charge in [-0.15, -0.1) is 0 Å². The molecule has 0 amide bonds. The van der Waals surface area contributed by atoms with E-state index in [4.69, 9.17) is 9.47 Å². The molecule has 1 aromatic carbocycles. The Morgan fingerprint density at radius 3 is 2.65 bits per heavy atom. The molecule has 3 heteroatoms. The summed E-state index contributed by atoms with van der Waals surface area (Å²) < 4.78 is 11.0. The lowest BCUT2D eigenvalue weighted by Gasteiger charge is -2.26. The van der Waals surface area contributed by atoms with Crippen LogP contribution in [-0.4, -0.2) is 44.4 Å². The number of ether oxygens (including phenoxy) is 2. The van der Waals surface area contributed by atoms with E-state index in [2.05, 4.69) is 11.5 Å². The van der Waals surface area contributed by atoms with Gasteiger partial charge in [0.1, 0.15) is 12.4 Å². The number of rotatable bonds is 5. The van der Waals surface area contributed by atoms with Crippen molar-refractivity contribution in [2.24, 2.45) is 0 Å². The first kappa shape index (κ1) is 12.1. The molecular formula is C14H19NO2. The van der Waals surface area contributed by atoms with Crippen LogP contribution in [0, 0.1) is 0 Å². The van der Waals surface area contributed by atoms with Gasteiger partial charge in [0.25, 0.3) is 0 Å². The molecule has 1 saturated heterocycles. The van der Waals surface area contributed by atoms with Gasteiger partial charge < -0.3 is 9.47 Å². The molecule has 0 unspecified atom stereocenters. The van der Waals surface area contributed by atoms with Crippen molar-refractivity contribution in [3.8, 4) is 0 Å². The summed E-state index contributed by atoms with van der Waals surface area (Å²) in [6, 6.07) is 10.00. The lowest BCUT2D eigenvalue weighted by Crippen LogP contribution is -2.38. The number of hydrogen-bond donors (Lipinski definition) is 0. The van der Waals surface area contributed by atoms with E-state index in [1.54, 1.807) is 0 Å². The van der Waals surface area contributed by atoms with Crippen molar-refractivity contribution in [1.82, 2.24) is 4.90 Å². The van der Waals surface area contributed by atoms with Gasteiger partial charge in [-0.3, -0.25) is 4.90 Å². The predicted octanol–water partition coefficient (Wildman–Crippen LogP) is 2.01. The summed E-state index contributed by atoms with van der Waals surface area (Å²) in [6.07, 6.45) is 0. The summed E-state index contributed by atoms with van der Waals surface area (Å²) >= 11 is 0. The van der Waals surface area contributed by atoms with E-state index in [9.17, 15) is 0 Å². The summed E-state index contributed by atoms with van der Waals surface area (Å²) in [4.78, 5) is 2.35. The van der Waals surface area contributed by atoms with Crippen LogP contribution in [0.2, 0.25) is 0 Å². The van der Waals surface area contributed by atoms with Crippen molar-refractivity contribution in [3.63, 3.8) is 0 Å². The van der Waals surface area contributed by atoms with Crippen LogP contribution in [0.1, 0.15) is 5.56 Å². The van der Waals surface area contributed by atoms with E-state index in [1.165, 1.54) is 0 Å². The molecule has 3 nitrogen and oxygen atoms in total. The highest BCUT2D eigenvalue weighted by atomic mass is 16.5. The van der Waals surface area contributed by atoms with Gasteiger partial charge in [0.15, 0.2) is 0 Å². The molecule has 0 spiro atoms. The average Bonchev–Trinajstić information content (AvgIpc) is 2.41. The molecule has 0 radical (unpaired) electrons. The maximum absolute atomic E-state index is 5.65. The molecule has 1 aliphatic heterocycles. The fourth-order valence-electron chi connectivity index (χ4n) is 1.83. The Balaban J connectivity index is 1.69. The molecule has 1 fully saturated rings. The lowest BCUT2D eigenvalue weighted by atomic mass is 10.2. The second-order valence-corrected chi connectivity index (χ2v) is 4.09. The molecule has 2 rings (SSSR count). The Morgan fingerprint density at radius 2 is 1.94 bits per heavy atom. The number of nitrogens with zero attached hydrogens (tertiary/aromatic N) is 1. The number of morpholine rings is 1. The van der Waals surface area contributed by atoms with Crippen LogP contribution in [0.5, 0.6) is 0 Å². The van der Waals surface area contributed by atoms with Crippen molar-refractivity contribution in [2.75, 3.05) is 39.5 Å². The predicted molar refractivity (Wildman–Crippen MR) is 68.7 cm³/mol. The molecule has 0 atom stereocenters. The second kappa shape index (κ2) is 6.42. The highest BCUT2D eigenvalue weighted by molar-refractivity contribution is 5.56. The fraction of sp³-hybridized carbons (Fsp3) is 0.429. The zero-order valence-electron chi connectivity index (χ0n) is 10.1. The first-order valence-electron chi connectivity index (χ1n) is 6.03. The molecular weight excluding hydrogens is 214 g/mol. The van der Waals surface area contributed by atoms with Gasteiger partial charge in [0.05, 0.1) is 13.2 Å². The molecule has 0 bridgehead atoms. The molecule has 0 N–H and O–H groups in total. The zero-order chi connectivity index (χ0) is 11.9. The average molecular weight is 233 g/mol. The van der Waals surface area contributed by atoms with E-state index < -0.39 is 0 Å². The van der Waals surface area contributed by atoms with E-state index in [1.807, 2.05) is 30.3 Å². The monoisotopic (exact) mass is 233 g/mol. The van der Waals surface area contributed by atoms with E-state index in [0.717, 1.165) is 44.2 Å². The smallest absolute Gasteiger partial charge is 0.119 e. The van der Waals surface area contributed by atoms with E-state index >= 15 is 0 Å². The maximum atomic E-state index is 5.65. The summed E-state index contributed by atoms with van der Waals surface area (Å²) in [7, 11) is 0. The van der Waals surface area contributed by atoms with Crippen molar-refractivity contribution in [2.45, 2.75) is 0 Å². The van der Waals surface area contributed by atoms with Crippen LogP contribution in [0.4, 0.5) is 0 Å². The van der Waals surface area contributed by atoms with Gasteiger partial charge in [0, 0.05) is 25.2 Å². The Hall–Kier alpha value is -1.32. The van der Waals surface area contributed by atoms with E-state index in [-0.39, 0.29) is 0 Å². The normalized spacial score (nSPS) is 16.7.